The van der Waals surface area contributed by atoms with E-state index in [0.717, 1.165) is 22.7 Å². The number of nitrogens with zero attached hydrogens (tertiary/aromatic N) is 4. The van der Waals surface area contributed by atoms with Gasteiger partial charge in [-0.05, 0) is 12.1 Å². The van der Waals surface area contributed by atoms with Crippen LogP contribution in [0.5, 0.6) is 0 Å². The molecule has 5 heteroatoms. The lowest BCUT2D eigenvalue weighted by Gasteiger charge is -2.05. The number of fused-ring (bicyclic) bond motifs is 1. The number of hydrogen-bond acceptors (Lipinski definition) is 3. The molecule has 4 nitrogen and oxygen atoms in total. The minimum absolute atomic E-state index is 0.310. The molecule has 0 amide bonds. The number of hydrogen-bond donors (Lipinski definition) is 0. The largest absolute Gasteiger partial charge is 0.283 e. The lowest BCUT2D eigenvalue weighted by molar-refractivity contribution is 0.758. The van der Waals surface area contributed by atoms with Gasteiger partial charge in [-0.25, -0.2) is 0 Å². The van der Waals surface area contributed by atoms with Crippen molar-refractivity contribution in [2.24, 2.45) is 0 Å². The topological polar surface area (TPSA) is 43.1 Å². The molecule has 3 rings (SSSR count). The van der Waals surface area contributed by atoms with Crippen molar-refractivity contribution in [2.75, 3.05) is 0 Å². The van der Waals surface area contributed by atoms with Crippen molar-refractivity contribution in [1.29, 1.82) is 0 Å². The Kier molecular flexibility index (Phi) is 2.95. The molecule has 0 N–H and O–H groups in total. The van der Waals surface area contributed by atoms with E-state index in [1.807, 2.05) is 34.9 Å². The first-order valence-corrected chi connectivity index (χ1v) is 6.50. The maximum absolute atomic E-state index is 6.03. The highest BCUT2D eigenvalue weighted by Gasteiger charge is 2.13. The molecule has 0 atom stereocenters. The van der Waals surface area contributed by atoms with Crippen LogP contribution in [-0.4, -0.2) is 19.6 Å². The summed E-state index contributed by atoms with van der Waals surface area (Å²) in [6, 6.07) is 7.60. The fourth-order valence-corrected chi connectivity index (χ4v) is 2.27. The van der Waals surface area contributed by atoms with Crippen molar-refractivity contribution in [1.82, 2.24) is 19.6 Å². The Labute approximate surface area is 116 Å². The zero-order valence-corrected chi connectivity index (χ0v) is 11.5. The molecule has 2 heterocycles. The summed E-state index contributed by atoms with van der Waals surface area (Å²) in [7, 11) is 0. The predicted molar refractivity (Wildman–Crippen MR) is 75.3 cm³/mol. The average Bonchev–Trinajstić information content (AvgIpc) is 2.82. The van der Waals surface area contributed by atoms with Crippen molar-refractivity contribution >= 4 is 17.2 Å². The Morgan fingerprint density at radius 1 is 1.21 bits per heavy atom. The van der Waals surface area contributed by atoms with Gasteiger partial charge in [-0.15, -0.1) is 10.2 Å². The zero-order chi connectivity index (χ0) is 13.4. The molecule has 0 aliphatic heterocycles. The van der Waals surface area contributed by atoms with Gasteiger partial charge >= 0.3 is 0 Å². The molecule has 0 radical (unpaired) electrons. The third-order valence-electron chi connectivity index (χ3n) is 2.97. The van der Waals surface area contributed by atoms with Gasteiger partial charge in [0, 0.05) is 28.9 Å². The van der Waals surface area contributed by atoms with Gasteiger partial charge in [0.15, 0.2) is 5.65 Å². The minimum Gasteiger partial charge on any atom is -0.283 e. The molecule has 0 bridgehead atoms. The fourth-order valence-electron chi connectivity index (χ4n) is 2.08. The summed E-state index contributed by atoms with van der Waals surface area (Å²) in [5, 5.41) is 9.18. The second-order valence-electron chi connectivity index (χ2n) is 4.69. The quantitative estimate of drug-likeness (QED) is 0.716. The van der Waals surface area contributed by atoms with Crippen molar-refractivity contribution in [3.05, 3.63) is 47.5 Å². The number of benzene rings is 1. The molecular formula is C14H13ClN4. The third kappa shape index (κ3) is 2.08. The Balaban J connectivity index is 2.25. The molecule has 2 aromatic heterocycles. The molecule has 0 fully saturated rings. The van der Waals surface area contributed by atoms with Crippen LogP contribution in [0.2, 0.25) is 5.02 Å². The van der Waals surface area contributed by atoms with Gasteiger partial charge in [-0.3, -0.25) is 9.38 Å². The van der Waals surface area contributed by atoms with E-state index in [9.17, 15) is 0 Å². The van der Waals surface area contributed by atoms with Crippen molar-refractivity contribution in [3.8, 4) is 11.3 Å². The Bertz CT molecular complexity index is 733. The van der Waals surface area contributed by atoms with Crippen molar-refractivity contribution < 1.29 is 0 Å². The molecule has 0 aliphatic rings. The highest BCUT2D eigenvalue weighted by Crippen LogP contribution is 2.25. The molecule has 0 saturated carbocycles. The van der Waals surface area contributed by atoms with Gasteiger partial charge < -0.3 is 0 Å². The first-order chi connectivity index (χ1) is 9.16. The van der Waals surface area contributed by atoms with E-state index in [2.05, 4.69) is 29.0 Å². The Hall–Kier alpha value is -1.94. The van der Waals surface area contributed by atoms with E-state index in [1.54, 1.807) is 6.20 Å². The smallest absolute Gasteiger partial charge is 0.187 e. The van der Waals surface area contributed by atoms with E-state index in [4.69, 9.17) is 11.6 Å². The summed E-state index contributed by atoms with van der Waals surface area (Å²) in [6.45, 7) is 4.19. The first kappa shape index (κ1) is 12.1. The number of rotatable bonds is 2. The van der Waals surface area contributed by atoms with E-state index in [-0.39, 0.29) is 0 Å². The predicted octanol–water partition coefficient (Wildman–Crippen LogP) is 3.57. The van der Waals surface area contributed by atoms with Gasteiger partial charge in [0.25, 0.3) is 0 Å². The highest BCUT2D eigenvalue weighted by molar-refractivity contribution is 6.30. The standard InChI is InChI=1S/C14H13ClN4/c1-9(2)13-17-18-14-12(16-6-7-19(13)14)10-4-3-5-11(15)8-10/h3-9H,1-2H3. The summed E-state index contributed by atoms with van der Waals surface area (Å²) in [5.41, 5.74) is 2.50. The molecule has 0 aliphatic carbocycles. The summed E-state index contributed by atoms with van der Waals surface area (Å²) >= 11 is 6.03. The second-order valence-corrected chi connectivity index (χ2v) is 5.13. The van der Waals surface area contributed by atoms with Crippen LogP contribution in [0, 0.1) is 0 Å². The van der Waals surface area contributed by atoms with Crippen molar-refractivity contribution in [2.45, 2.75) is 19.8 Å². The molecule has 19 heavy (non-hydrogen) atoms. The van der Waals surface area contributed by atoms with E-state index < -0.39 is 0 Å². The van der Waals surface area contributed by atoms with Gasteiger partial charge in [-0.2, -0.15) is 0 Å². The maximum atomic E-state index is 6.03. The second kappa shape index (κ2) is 4.63. The normalized spacial score (nSPS) is 11.4. The number of halogens is 1. The van der Waals surface area contributed by atoms with Crippen LogP contribution < -0.4 is 0 Å². The van der Waals surface area contributed by atoms with E-state index in [0.29, 0.717) is 10.9 Å². The van der Waals surface area contributed by atoms with Crippen LogP contribution in [0.1, 0.15) is 25.6 Å². The summed E-state index contributed by atoms with van der Waals surface area (Å²) < 4.78 is 1.98. The molecule has 0 saturated heterocycles. The zero-order valence-electron chi connectivity index (χ0n) is 10.7. The molecular weight excluding hydrogens is 260 g/mol. The summed E-state index contributed by atoms with van der Waals surface area (Å²) in [5.74, 6) is 1.24. The van der Waals surface area contributed by atoms with Crippen molar-refractivity contribution in [3.63, 3.8) is 0 Å². The maximum Gasteiger partial charge on any atom is 0.187 e. The Morgan fingerprint density at radius 3 is 2.79 bits per heavy atom. The molecule has 0 spiro atoms. The Morgan fingerprint density at radius 2 is 2.05 bits per heavy atom. The number of aromatic nitrogens is 4. The third-order valence-corrected chi connectivity index (χ3v) is 3.20. The van der Waals surface area contributed by atoms with Crippen LogP contribution in [0.3, 0.4) is 0 Å². The van der Waals surface area contributed by atoms with Crippen LogP contribution in [0.25, 0.3) is 16.9 Å². The van der Waals surface area contributed by atoms with E-state index >= 15 is 0 Å². The van der Waals surface area contributed by atoms with Crippen LogP contribution >= 0.6 is 11.6 Å². The van der Waals surface area contributed by atoms with Gasteiger partial charge in [0.2, 0.25) is 0 Å². The summed E-state index contributed by atoms with van der Waals surface area (Å²) in [4.78, 5) is 4.41. The highest BCUT2D eigenvalue weighted by atomic mass is 35.5. The monoisotopic (exact) mass is 272 g/mol. The van der Waals surface area contributed by atoms with E-state index in [1.165, 1.54) is 0 Å². The van der Waals surface area contributed by atoms with Crippen LogP contribution in [-0.2, 0) is 0 Å². The average molecular weight is 273 g/mol. The van der Waals surface area contributed by atoms with Crippen LogP contribution in [0.15, 0.2) is 36.7 Å². The summed E-state index contributed by atoms with van der Waals surface area (Å²) in [6.07, 6.45) is 3.65. The minimum atomic E-state index is 0.310. The lowest BCUT2D eigenvalue weighted by Crippen LogP contribution is -1.98. The molecule has 1 aromatic carbocycles. The SMILES string of the molecule is CC(C)c1nnc2c(-c3cccc(Cl)c3)nccn12. The first-order valence-electron chi connectivity index (χ1n) is 6.12. The van der Waals surface area contributed by atoms with Gasteiger partial charge in [0.1, 0.15) is 11.5 Å². The molecule has 0 unspecified atom stereocenters. The fraction of sp³-hybridized carbons (Fsp3) is 0.214. The van der Waals surface area contributed by atoms with Crippen LogP contribution in [0.4, 0.5) is 0 Å². The molecule has 3 aromatic rings. The molecule has 96 valence electrons. The lowest BCUT2D eigenvalue weighted by atomic mass is 10.1. The van der Waals surface area contributed by atoms with Gasteiger partial charge in [0.05, 0.1) is 0 Å². The van der Waals surface area contributed by atoms with Gasteiger partial charge in [-0.1, -0.05) is 37.6 Å².